The van der Waals surface area contributed by atoms with E-state index in [9.17, 15) is 0 Å². The molecule has 0 aromatic carbocycles. The number of hydrogen-bond acceptors (Lipinski definition) is 1. The van der Waals surface area contributed by atoms with Crippen LogP contribution in [0.15, 0.2) is 0 Å². The Morgan fingerprint density at radius 2 is 0.750 bits per heavy atom. The molecule has 1 nitrogen and oxygen atoms in total. The Morgan fingerprint density at radius 1 is 0.458 bits per heavy atom. The minimum Gasteiger partial charge on any atom is -0.330 e. The van der Waals surface area contributed by atoms with Crippen molar-refractivity contribution in [1.29, 1.82) is 0 Å². The summed E-state index contributed by atoms with van der Waals surface area (Å²) in [6.45, 7) is 5.50. The molecule has 0 spiro atoms. The van der Waals surface area contributed by atoms with E-state index < -0.39 is 0 Å². The fourth-order valence-corrected chi connectivity index (χ4v) is 3.69. The summed E-state index contributed by atoms with van der Waals surface area (Å²) in [5.41, 5.74) is 5.98. The van der Waals surface area contributed by atoms with Crippen LogP contribution in [0.4, 0.5) is 0 Å². The van der Waals surface area contributed by atoms with Crippen LogP contribution in [0.25, 0.3) is 0 Å². The van der Waals surface area contributed by atoms with Crippen molar-refractivity contribution in [3.8, 4) is 0 Å². The number of rotatable bonds is 20. The van der Waals surface area contributed by atoms with Crippen molar-refractivity contribution in [3.05, 3.63) is 0 Å². The van der Waals surface area contributed by atoms with Crippen molar-refractivity contribution in [1.82, 2.24) is 0 Å². The smallest absolute Gasteiger partial charge is 0.00489 e. The van der Waals surface area contributed by atoms with Gasteiger partial charge in [-0.05, 0) is 25.3 Å². The molecule has 24 heavy (non-hydrogen) atoms. The average molecular weight is 340 g/mol. The standard InChI is InChI=1S/C23H49N/c1-3-5-7-9-11-13-15-17-19-21-23(22-24)20-18-16-14-12-10-8-6-4-2/h23H,3-22,24H2,1-2H3. The van der Waals surface area contributed by atoms with E-state index in [4.69, 9.17) is 5.73 Å². The summed E-state index contributed by atoms with van der Waals surface area (Å²) in [6.07, 6.45) is 27.1. The van der Waals surface area contributed by atoms with E-state index in [-0.39, 0.29) is 0 Å². The van der Waals surface area contributed by atoms with Gasteiger partial charge >= 0.3 is 0 Å². The van der Waals surface area contributed by atoms with E-state index in [1.165, 1.54) is 122 Å². The Morgan fingerprint density at radius 3 is 1.04 bits per heavy atom. The second-order valence-corrected chi connectivity index (χ2v) is 7.98. The summed E-state index contributed by atoms with van der Waals surface area (Å²) in [4.78, 5) is 0. The first-order valence-electron chi connectivity index (χ1n) is 11.5. The first-order valence-corrected chi connectivity index (χ1v) is 11.5. The quantitative estimate of drug-likeness (QED) is 0.223. The van der Waals surface area contributed by atoms with Crippen molar-refractivity contribution in [3.63, 3.8) is 0 Å². The summed E-state index contributed by atoms with van der Waals surface area (Å²) >= 11 is 0. The van der Waals surface area contributed by atoms with Gasteiger partial charge in [0.1, 0.15) is 0 Å². The molecule has 1 atom stereocenters. The van der Waals surface area contributed by atoms with Crippen molar-refractivity contribution >= 4 is 0 Å². The van der Waals surface area contributed by atoms with Crippen LogP contribution >= 0.6 is 0 Å². The van der Waals surface area contributed by atoms with Gasteiger partial charge in [-0.25, -0.2) is 0 Å². The van der Waals surface area contributed by atoms with Crippen LogP contribution in [-0.2, 0) is 0 Å². The van der Waals surface area contributed by atoms with Crippen LogP contribution in [0, 0.1) is 5.92 Å². The Kier molecular flexibility index (Phi) is 21.0. The highest BCUT2D eigenvalue weighted by atomic mass is 14.5. The molecule has 0 aliphatic carbocycles. The molecule has 0 radical (unpaired) electrons. The van der Waals surface area contributed by atoms with Gasteiger partial charge in [0.05, 0.1) is 0 Å². The van der Waals surface area contributed by atoms with Crippen LogP contribution in [0.3, 0.4) is 0 Å². The zero-order valence-electron chi connectivity index (χ0n) is 17.3. The fraction of sp³-hybridized carbons (Fsp3) is 1.00. The maximum absolute atomic E-state index is 5.98. The second-order valence-electron chi connectivity index (χ2n) is 7.98. The number of unbranched alkanes of at least 4 members (excludes halogenated alkanes) is 15. The van der Waals surface area contributed by atoms with Crippen LogP contribution in [0.2, 0.25) is 0 Å². The molecular weight excluding hydrogens is 290 g/mol. The minimum atomic E-state index is 0.801. The third-order valence-corrected chi connectivity index (χ3v) is 5.52. The highest BCUT2D eigenvalue weighted by Gasteiger charge is 2.06. The van der Waals surface area contributed by atoms with Crippen molar-refractivity contribution in [2.24, 2.45) is 11.7 Å². The van der Waals surface area contributed by atoms with Gasteiger partial charge in [-0.3, -0.25) is 0 Å². The molecule has 0 aromatic heterocycles. The zero-order valence-corrected chi connectivity index (χ0v) is 17.3. The Bertz CT molecular complexity index is 214. The first-order chi connectivity index (χ1) is 11.8. The van der Waals surface area contributed by atoms with Crippen LogP contribution in [-0.4, -0.2) is 6.54 Å². The zero-order chi connectivity index (χ0) is 17.7. The van der Waals surface area contributed by atoms with Gasteiger partial charge in [0, 0.05) is 0 Å². The first kappa shape index (κ1) is 24.0. The summed E-state index contributed by atoms with van der Waals surface area (Å²) in [5, 5.41) is 0. The van der Waals surface area contributed by atoms with E-state index in [1.54, 1.807) is 0 Å². The molecule has 0 amide bonds. The third kappa shape index (κ3) is 18.3. The molecule has 0 aliphatic heterocycles. The maximum atomic E-state index is 5.98. The van der Waals surface area contributed by atoms with E-state index in [2.05, 4.69) is 13.8 Å². The molecule has 2 N–H and O–H groups in total. The largest absolute Gasteiger partial charge is 0.330 e. The highest BCUT2D eigenvalue weighted by molar-refractivity contribution is 4.61. The second kappa shape index (κ2) is 21.0. The van der Waals surface area contributed by atoms with E-state index in [0.717, 1.165) is 12.5 Å². The molecule has 146 valence electrons. The van der Waals surface area contributed by atoms with Crippen LogP contribution in [0.1, 0.15) is 136 Å². The normalized spacial score (nSPS) is 12.6. The lowest BCUT2D eigenvalue weighted by Crippen LogP contribution is -2.14. The Hall–Kier alpha value is -0.0400. The van der Waals surface area contributed by atoms with Crippen LogP contribution < -0.4 is 5.73 Å². The molecule has 0 saturated heterocycles. The monoisotopic (exact) mass is 339 g/mol. The predicted octanol–water partition coefficient (Wildman–Crippen LogP) is 8.01. The predicted molar refractivity (Wildman–Crippen MR) is 112 cm³/mol. The van der Waals surface area contributed by atoms with E-state index >= 15 is 0 Å². The molecular formula is C23H49N. The van der Waals surface area contributed by atoms with E-state index in [0.29, 0.717) is 0 Å². The summed E-state index contributed by atoms with van der Waals surface area (Å²) in [7, 11) is 0. The third-order valence-electron chi connectivity index (χ3n) is 5.52. The maximum Gasteiger partial charge on any atom is -0.00489 e. The molecule has 1 unspecified atom stereocenters. The molecule has 0 saturated carbocycles. The Balaban J connectivity index is 3.28. The van der Waals surface area contributed by atoms with Crippen molar-refractivity contribution in [2.75, 3.05) is 6.54 Å². The topological polar surface area (TPSA) is 26.0 Å². The molecule has 1 heteroatoms. The van der Waals surface area contributed by atoms with Gasteiger partial charge in [0.2, 0.25) is 0 Å². The van der Waals surface area contributed by atoms with Gasteiger partial charge in [0.15, 0.2) is 0 Å². The summed E-state index contributed by atoms with van der Waals surface area (Å²) in [6, 6.07) is 0. The molecule has 0 bridgehead atoms. The lowest BCUT2D eigenvalue weighted by atomic mass is 9.94. The molecule has 0 aliphatic rings. The van der Waals surface area contributed by atoms with Crippen molar-refractivity contribution < 1.29 is 0 Å². The van der Waals surface area contributed by atoms with Gasteiger partial charge in [-0.2, -0.15) is 0 Å². The minimum absolute atomic E-state index is 0.801. The van der Waals surface area contributed by atoms with Gasteiger partial charge in [-0.1, -0.05) is 123 Å². The lowest BCUT2D eigenvalue weighted by Gasteiger charge is -2.14. The SMILES string of the molecule is CCCCCCCCCCCC(CN)CCCCCCCCCC. The fourth-order valence-electron chi connectivity index (χ4n) is 3.69. The van der Waals surface area contributed by atoms with Gasteiger partial charge in [0.25, 0.3) is 0 Å². The molecule has 0 rings (SSSR count). The van der Waals surface area contributed by atoms with Crippen LogP contribution in [0.5, 0.6) is 0 Å². The number of hydrogen-bond donors (Lipinski definition) is 1. The van der Waals surface area contributed by atoms with Gasteiger partial charge < -0.3 is 5.73 Å². The highest BCUT2D eigenvalue weighted by Crippen LogP contribution is 2.18. The number of nitrogens with two attached hydrogens (primary N) is 1. The lowest BCUT2D eigenvalue weighted by molar-refractivity contribution is 0.409. The summed E-state index contributed by atoms with van der Waals surface area (Å²) < 4.78 is 0. The molecule has 0 fully saturated rings. The molecule has 0 heterocycles. The van der Waals surface area contributed by atoms with Gasteiger partial charge in [-0.15, -0.1) is 0 Å². The summed E-state index contributed by atoms with van der Waals surface area (Å²) in [5.74, 6) is 0.801. The Labute approximate surface area is 154 Å². The van der Waals surface area contributed by atoms with E-state index in [1.807, 2.05) is 0 Å². The average Bonchev–Trinajstić information content (AvgIpc) is 2.60. The molecule has 0 aromatic rings. The van der Waals surface area contributed by atoms with Crippen molar-refractivity contribution in [2.45, 2.75) is 136 Å².